The van der Waals surface area contributed by atoms with E-state index < -0.39 is 0 Å². The maximum atomic E-state index is 13.5. The van der Waals surface area contributed by atoms with Gasteiger partial charge in [0.15, 0.2) is 22.5 Å². The number of benzene rings is 1. The number of hydrogen-bond acceptors (Lipinski definition) is 6. The van der Waals surface area contributed by atoms with Crippen LogP contribution in [0.25, 0.3) is 6.08 Å². The molecule has 1 saturated heterocycles. The summed E-state index contributed by atoms with van der Waals surface area (Å²) in [6.07, 6.45) is 11.3. The van der Waals surface area contributed by atoms with Crippen molar-refractivity contribution >= 4 is 34.7 Å². The molecule has 7 heteroatoms. The summed E-state index contributed by atoms with van der Waals surface area (Å²) < 4.78 is 11.4. The maximum Gasteiger partial charge on any atom is 0.267 e. The third-order valence-electron chi connectivity index (χ3n) is 5.88. The Kier molecular flexibility index (Phi) is 8.05. The fraction of sp³-hybridized carbons (Fsp3) is 0.423. The van der Waals surface area contributed by atoms with Crippen LogP contribution in [0.2, 0.25) is 0 Å². The highest BCUT2D eigenvalue weighted by molar-refractivity contribution is 8.18. The van der Waals surface area contributed by atoms with Crippen LogP contribution in [-0.4, -0.2) is 40.7 Å². The summed E-state index contributed by atoms with van der Waals surface area (Å²) in [7, 11) is 1.64. The lowest BCUT2D eigenvalue weighted by Gasteiger charge is -2.30. The fourth-order valence-electron chi connectivity index (χ4n) is 4.11. The molecule has 1 aliphatic heterocycles. The monoisotopic (exact) mass is 465 g/mol. The number of aromatic nitrogens is 1. The number of carbonyl (C=O) groups excluding carboxylic acids is 1. The van der Waals surface area contributed by atoms with Crippen molar-refractivity contribution < 1.29 is 14.3 Å². The van der Waals surface area contributed by atoms with Gasteiger partial charge in [0.05, 0.1) is 18.6 Å². The number of ether oxygens (including phenoxy) is 2. The van der Waals surface area contributed by atoms with Crippen molar-refractivity contribution in [3.63, 3.8) is 0 Å². The minimum atomic E-state index is 0.0174. The molecule has 33 heavy (non-hydrogen) atoms. The van der Waals surface area contributed by atoms with Crippen molar-refractivity contribution in [2.24, 2.45) is 4.99 Å². The van der Waals surface area contributed by atoms with Crippen LogP contribution in [0.4, 0.5) is 5.82 Å². The zero-order chi connectivity index (χ0) is 23.0. The average Bonchev–Trinajstić information content (AvgIpc) is 3.15. The van der Waals surface area contributed by atoms with Crippen LogP contribution in [-0.2, 0) is 4.79 Å². The van der Waals surface area contributed by atoms with E-state index in [0.717, 1.165) is 49.8 Å². The molecule has 0 atom stereocenters. The number of nitrogens with zero attached hydrogens (tertiary/aromatic N) is 3. The number of hydrogen-bond donors (Lipinski definition) is 0. The Morgan fingerprint density at radius 1 is 1.18 bits per heavy atom. The van der Waals surface area contributed by atoms with Gasteiger partial charge in [-0.1, -0.05) is 44.7 Å². The smallest absolute Gasteiger partial charge is 0.267 e. The Bertz CT molecular complexity index is 1020. The first-order valence-electron chi connectivity index (χ1n) is 11.7. The van der Waals surface area contributed by atoms with E-state index in [2.05, 4.69) is 11.9 Å². The summed E-state index contributed by atoms with van der Waals surface area (Å²) in [5.41, 5.74) is 0.897. The molecule has 0 unspecified atom stereocenters. The predicted molar refractivity (Wildman–Crippen MR) is 134 cm³/mol. The number of methoxy groups -OCH3 is 1. The average molecular weight is 466 g/mol. The van der Waals surface area contributed by atoms with Gasteiger partial charge in [-0.3, -0.25) is 9.69 Å². The number of amides is 1. The number of aliphatic imine (C=N–C) groups is 1. The molecule has 2 fully saturated rings. The van der Waals surface area contributed by atoms with Gasteiger partial charge in [-0.15, -0.1) is 0 Å². The van der Waals surface area contributed by atoms with E-state index in [-0.39, 0.29) is 11.9 Å². The summed E-state index contributed by atoms with van der Waals surface area (Å²) in [5.74, 6) is 2.02. The standard InChI is InChI=1S/C26H31N3O3S/c1-3-4-16-32-21-14-13-19(17-22(21)31-2)18-23-25(30)29(20-10-6-5-7-11-20)26(33-23)28-24-12-8-9-15-27-24/h8-9,12-15,17-18,20H,3-7,10-11,16H2,1-2H3/b23-18-,28-26+. The zero-order valence-electron chi connectivity index (χ0n) is 19.3. The molecule has 0 spiro atoms. The summed E-state index contributed by atoms with van der Waals surface area (Å²) in [6, 6.07) is 11.6. The third-order valence-corrected chi connectivity index (χ3v) is 6.86. The SMILES string of the molecule is CCCCOc1ccc(/C=C2\S/C(=N/c3ccccn3)N(C3CCCCC3)C2=O)cc1OC. The summed E-state index contributed by atoms with van der Waals surface area (Å²) >= 11 is 1.42. The first-order chi connectivity index (χ1) is 16.2. The molecule has 6 nitrogen and oxygen atoms in total. The van der Waals surface area contributed by atoms with Crippen LogP contribution in [0.3, 0.4) is 0 Å². The van der Waals surface area contributed by atoms with Gasteiger partial charge in [0.1, 0.15) is 0 Å². The van der Waals surface area contributed by atoms with Crippen LogP contribution in [0, 0.1) is 0 Å². The molecule has 0 bridgehead atoms. The van der Waals surface area contributed by atoms with Crippen LogP contribution in [0.1, 0.15) is 57.4 Å². The van der Waals surface area contributed by atoms with Crippen LogP contribution < -0.4 is 9.47 Å². The molecule has 4 rings (SSSR count). The number of carbonyl (C=O) groups is 1. The van der Waals surface area contributed by atoms with Gasteiger partial charge in [-0.25, -0.2) is 9.98 Å². The maximum absolute atomic E-state index is 13.5. The second-order valence-electron chi connectivity index (χ2n) is 8.27. The quantitative estimate of drug-likeness (QED) is 0.343. The summed E-state index contributed by atoms with van der Waals surface area (Å²) in [5, 5.41) is 0.711. The molecular weight excluding hydrogens is 434 g/mol. The molecule has 0 radical (unpaired) electrons. The molecule has 1 saturated carbocycles. The Hall–Kier alpha value is -2.80. The Morgan fingerprint density at radius 2 is 2.03 bits per heavy atom. The molecule has 1 aromatic carbocycles. The molecular formula is C26H31N3O3S. The van der Waals surface area contributed by atoms with Crippen LogP contribution in [0.15, 0.2) is 52.5 Å². The predicted octanol–water partition coefficient (Wildman–Crippen LogP) is 6.21. The molecule has 2 aliphatic rings. The first-order valence-corrected chi connectivity index (χ1v) is 12.5. The molecule has 1 aliphatic carbocycles. The third kappa shape index (κ3) is 5.77. The van der Waals surface area contributed by atoms with E-state index in [0.29, 0.717) is 28.2 Å². The van der Waals surface area contributed by atoms with Crippen molar-refractivity contribution in [2.45, 2.75) is 57.9 Å². The van der Waals surface area contributed by atoms with E-state index in [1.165, 1.54) is 18.2 Å². The highest BCUT2D eigenvalue weighted by Crippen LogP contribution is 2.39. The fourth-order valence-corrected chi connectivity index (χ4v) is 5.16. The number of rotatable bonds is 8. The van der Waals surface area contributed by atoms with Gasteiger partial charge in [-0.05, 0) is 66.9 Å². The second-order valence-corrected chi connectivity index (χ2v) is 9.28. The second kappa shape index (κ2) is 11.4. The minimum absolute atomic E-state index is 0.0174. The lowest BCUT2D eigenvalue weighted by atomic mass is 9.94. The van der Waals surface area contributed by atoms with Gasteiger partial charge in [0.25, 0.3) is 5.91 Å². The number of unbranched alkanes of at least 4 members (excludes halogenated alkanes) is 1. The molecule has 0 N–H and O–H groups in total. The van der Waals surface area contributed by atoms with Gasteiger partial charge >= 0.3 is 0 Å². The van der Waals surface area contributed by atoms with E-state index >= 15 is 0 Å². The molecule has 174 valence electrons. The normalized spacial score (nSPS) is 19.5. The topological polar surface area (TPSA) is 64.0 Å². The van der Waals surface area contributed by atoms with Crippen molar-refractivity contribution in [1.29, 1.82) is 0 Å². The van der Waals surface area contributed by atoms with E-state index in [9.17, 15) is 4.79 Å². The Labute approximate surface area is 200 Å². The van der Waals surface area contributed by atoms with E-state index in [4.69, 9.17) is 14.5 Å². The number of pyridine rings is 1. The molecule has 2 aromatic rings. The lowest BCUT2D eigenvalue weighted by molar-refractivity contribution is -0.124. The van der Waals surface area contributed by atoms with E-state index in [1.54, 1.807) is 13.3 Å². The zero-order valence-corrected chi connectivity index (χ0v) is 20.1. The molecule has 1 aromatic heterocycles. The van der Waals surface area contributed by atoms with E-state index in [1.807, 2.05) is 47.4 Å². The largest absolute Gasteiger partial charge is 0.493 e. The van der Waals surface area contributed by atoms with Crippen molar-refractivity contribution in [1.82, 2.24) is 9.88 Å². The lowest BCUT2D eigenvalue weighted by Crippen LogP contribution is -2.40. The highest BCUT2D eigenvalue weighted by Gasteiger charge is 2.38. The van der Waals surface area contributed by atoms with Crippen molar-refractivity contribution in [3.8, 4) is 11.5 Å². The van der Waals surface area contributed by atoms with Gasteiger partial charge in [-0.2, -0.15) is 0 Å². The number of thioether (sulfide) groups is 1. The number of amidine groups is 1. The van der Waals surface area contributed by atoms with Gasteiger partial charge in [0.2, 0.25) is 0 Å². The minimum Gasteiger partial charge on any atom is -0.493 e. The van der Waals surface area contributed by atoms with Crippen LogP contribution in [0.5, 0.6) is 11.5 Å². The Balaban J connectivity index is 1.62. The Morgan fingerprint density at radius 3 is 2.76 bits per heavy atom. The summed E-state index contributed by atoms with van der Waals surface area (Å²) in [4.78, 5) is 25.1. The highest BCUT2D eigenvalue weighted by atomic mass is 32.2. The van der Waals surface area contributed by atoms with Crippen molar-refractivity contribution in [2.75, 3.05) is 13.7 Å². The summed E-state index contributed by atoms with van der Waals surface area (Å²) in [6.45, 7) is 2.79. The molecule has 2 heterocycles. The van der Waals surface area contributed by atoms with Crippen molar-refractivity contribution in [3.05, 3.63) is 53.1 Å². The first kappa shape index (κ1) is 23.4. The van der Waals surface area contributed by atoms with Gasteiger partial charge in [0, 0.05) is 12.2 Å². The van der Waals surface area contributed by atoms with Gasteiger partial charge < -0.3 is 9.47 Å². The van der Waals surface area contributed by atoms with Crippen LogP contribution >= 0.6 is 11.8 Å². The molecule has 1 amide bonds.